The second kappa shape index (κ2) is 10.2. The Hall–Kier alpha value is -2.68. The molecule has 0 heterocycles. The van der Waals surface area contributed by atoms with Crippen molar-refractivity contribution in [1.29, 1.82) is 0 Å². The number of ether oxygens (including phenoxy) is 2. The molecule has 0 atom stereocenters. The van der Waals surface area contributed by atoms with Gasteiger partial charge in [0.05, 0.1) is 13.2 Å². The quantitative estimate of drug-likeness (QED) is 0.605. The molecule has 2 aromatic rings. The van der Waals surface area contributed by atoms with E-state index >= 15 is 0 Å². The molecule has 0 radical (unpaired) electrons. The van der Waals surface area contributed by atoms with Gasteiger partial charge in [-0.25, -0.2) is 4.79 Å². The Bertz CT molecular complexity index is 751. The topological polar surface area (TPSA) is 59.6 Å². The van der Waals surface area contributed by atoms with E-state index in [1.807, 2.05) is 30.3 Å². The zero-order chi connectivity index (χ0) is 17.9. The summed E-state index contributed by atoms with van der Waals surface area (Å²) in [7, 11) is 1.55. The fourth-order valence-corrected chi connectivity index (χ4v) is 2.03. The number of rotatable bonds is 6. The second-order valence-electron chi connectivity index (χ2n) is 5.00. The van der Waals surface area contributed by atoms with Gasteiger partial charge in [-0.05, 0) is 42.5 Å². The van der Waals surface area contributed by atoms with Gasteiger partial charge in [0.2, 0.25) is 0 Å². The largest absolute Gasteiger partial charge is 0.447 e. The third-order valence-electron chi connectivity index (χ3n) is 3.09. The van der Waals surface area contributed by atoms with Gasteiger partial charge in [0, 0.05) is 29.1 Å². The van der Waals surface area contributed by atoms with Crippen molar-refractivity contribution < 1.29 is 14.3 Å². The van der Waals surface area contributed by atoms with Gasteiger partial charge >= 0.3 is 6.09 Å². The van der Waals surface area contributed by atoms with Crippen LogP contribution in [0.25, 0.3) is 0 Å². The van der Waals surface area contributed by atoms with Gasteiger partial charge in [-0.3, -0.25) is 5.32 Å². The third kappa shape index (κ3) is 7.17. The summed E-state index contributed by atoms with van der Waals surface area (Å²) in [6, 6.07) is 14.7. The summed E-state index contributed by atoms with van der Waals surface area (Å²) in [4.78, 5) is 11.6. The fourth-order valence-electron chi connectivity index (χ4n) is 1.90. The van der Waals surface area contributed by atoms with E-state index in [1.54, 1.807) is 25.3 Å². The molecule has 2 N–H and O–H groups in total. The Balaban J connectivity index is 1.83. The summed E-state index contributed by atoms with van der Waals surface area (Å²) in [5.41, 5.74) is 2.39. The van der Waals surface area contributed by atoms with Gasteiger partial charge in [-0.1, -0.05) is 29.5 Å². The van der Waals surface area contributed by atoms with Gasteiger partial charge in [-0.15, -0.1) is 0 Å². The van der Waals surface area contributed by atoms with Crippen LogP contribution in [0.1, 0.15) is 5.56 Å². The lowest BCUT2D eigenvalue weighted by Gasteiger charge is -2.08. The zero-order valence-electron chi connectivity index (χ0n) is 13.8. The maximum atomic E-state index is 11.6. The molecule has 0 saturated carbocycles. The average Bonchev–Trinajstić information content (AvgIpc) is 2.61. The molecule has 0 bridgehead atoms. The third-order valence-corrected chi connectivity index (χ3v) is 3.34. The fraction of sp³-hybridized carbons (Fsp3) is 0.211. The molecule has 0 saturated heterocycles. The normalized spacial score (nSPS) is 9.68. The van der Waals surface area contributed by atoms with Gasteiger partial charge in [-0.2, -0.15) is 0 Å². The van der Waals surface area contributed by atoms with E-state index in [0.717, 1.165) is 11.3 Å². The van der Waals surface area contributed by atoms with Crippen LogP contribution in [0.3, 0.4) is 0 Å². The highest BCUT2D eigenvalue weighted by atomic mass is 35.5. The molecule has 2 rings (SSSR count). The predicted molar refractivity (Wildman–Crippen MR) is 100 cm³/mol. The maximum Gasteiger partial charge on any atom is 0.411 e. The van der Waals surface area contributed by atoms with Crippen LogP contribution in [0.4, 0.5) is 16.2 Å². The van der Waals surface area contributed by atoms with Crippen molar-refractivity contribution in [3.05, 3.63) is 59.1 Å². The van der Waals surface area contributed by atoms with Crippen molar-refractivity contribution in [1.82, 2.24) is 0 Å². The highest BCUT2D eigenvalue weighted by molar-refractivity contribution is 6.30. The molecular formula is C19H19ClN2O3. The highest BCUT2D eigenvalue weighted by Gasteiger charge is 2.03. The minimum atomic E-state index is -0.517. The monoisotopic (exact) mass is 358 g/mol. The van der Waals surface area contributed by atoms with Crippen LogP contribution in [0.15, 0.2) is 48.5 Å². The first-order valence-electron chi connectivity index (χ1n) is 7.68. The van der Waals surface area contributed by atoms with Crippen LogP contribution in [-0.2, 0) is 9.47 Å². The smallest absolute Gasteiger partial charge is 0.411 e. The summed E-state index contributed by atoms with van der Waals surface area (Å²) in [6.07, 6.45) is -0.517. The second-order valence-corrected chi connectivity index (χ2v) is 5.43. The van der Waals surface area contributed by atoms with E-state index < -0.39 is 6.09 Å². The molecule has 0 aliphatic rings. The molecule has 2 aromatic carbocycles. The molecule has 25 heavy (non-hydrogen) atoms. The van der Waals surface area contributed by atoms with Crippen molar-refractivity contribution in [3.63, 3.8) is 0 Å². The van der Waals surface area contributed by atoms with Gasteiger partial charge in [0.1, 0.15) is 6.61 Å². The van der Waals surface area contributed by atoms with Crippen LogP contribution < -0.4 is 10.6 Å². The number of hydrogen-bond donors (Lipinski definition) is 2. The summed E-state index contributed by atoms with van der Waals surface area (Å²) in [5.74, 6) is 6.08. The van der Waals surface area contributed by atoms with Crippen molar-refractivity contribution in [2.45, 2.75) is 0 Å². The summed E-state index contributed by atoms with van der Waals surface area (Å²) < 4.78 is 9.77. The Labute approximate surface area is 152 Å². The summed E-state index contributed by atoms with van der Waals surface area (Å²) in [6.45, 7) is 1.05. The van der Waals surface area contributed by atoms with Crippen molar-refractivity contribution >= 4 is 29.1 Å². The molecule has 0 aliphatic heterocycles. The predicted octanol–water partition coefficient (Wildman–Crippen LogP) is 4.00. The number of amides is 1. The number of anilines is 2. The number of benzene rings is 2. The first kappa shape index (κ1) is 18.7. The molecule has 0 aliphatic carbocycles. The van der Waals surface area contributed by atoms with Crippen LogP contribution >= 0.6 is 11.6 Å². The van der Waals surface area contributed by atoms with E-state index in [4.69, 9.17) is 21.1 Å². The first-order valence-corrected chi connectivity index (χ1v) is 8.06. The molecule has 6 heteroatoms. The molecule has 130 valence electrons. The summed E-state index contributed by atoms with van der Waals surface area (Å²) >= 11 is 5.83. The molecule has 0 spiro atoms. The number of carbonyl (C=O) groups is 1. The standard InChI is InChI=1S/C19H19ClN2O3/c1-24-12-13-25-19(23)22-18-6-2-5-17(14-18)21-11-3-4-15-7-9-16(20)10-8-15/h2,5-10,14,21H,11-13H2,1H3,(H,22,23). The number of methoxy groups -OCH3 is 1. The maximum absolute atomic E-state index is 11.6. The Morgan fingerprint density at radius 3 is 2.64 bits per heavy atom. The minimum Gasteiger partial charge on any atom is -0.447 e. The number of hydrogen-bond acceptors (Lipinski definition) is 4. The van der Waals surface area contributed by atoms with Crippen molar-refractivity contribution in [2.24, 2.45) is 0 Å². The molecule has 1 amide bonds. The number of nitrogens with one attached hydrogen (secondary N) is 2. The van der Waals surface area contributed by atoms with E-state index in [2.05, 4.69) is 22.5 Å². The molecule has 0 unspecified atom stereocenters. The minimum absolute atomic E-state index is 0.209. The van der Waals surface area contributed by atoms with Crippen molar-refractivity contribution in [3.8, 4) is 11.8 Å². The van der Waals surface area contributed by atoms with Crippen LogP contribution in [0.2, 0.25) is 5.02 Å². The highest BCUT2D eigenvalue weighted by Crippen LogP contribution is 2.15. The lowest BCUT2D eigenvalue weighted by atomic mass is 10.2. The number of carbonyl (C=O) groups excluding carboxylic acids is 1. The van der Waals surface area contributed by atoms with E-state index in [0.29, 0.717) is 23.9 Å². The first-order chi connectivity index (χ1) is 12.2. The van der Waals surface area contributed by atoms with Crippen LogP contribution in [-0.4, -0.2) is 33.0 Å². The SMILES string of the molecule is COCCOC(=O)Nc1cccc(NCC#Cc2ccc(Cl)cc2)c1. The molecule has 5 nitrogen and oxygen atoms in total. The van der Waals surface area contributed by atoms with Crippen LogP contribution in [0, 0.1) is 11.8 Å². The van der Waals surface area contributed by atoms with Gasteiger partial charge in [0.25, 0.3) is 0 Å². The molecule has 0 aromatic heterocycles. The van der Waals surface area contributed by atoms with E-state index in [-0.39, 0.29) is 6.61 Å². The van der Waals surface area contributed by atoms with Gasteiger partial charge < -0.3 is 14.8 Å². The van der Waals surface area contributed by atoms with E-state index in [9.17, 15) is 4.79 Å². The average molecular weight is 359 g/mol. The zero-order valence-corrected chi connectivity index (χ0v) is 14.6. The lowest BCUT2D eigenvalue weighted by Crippen LogP contribution is -2.16. The lowest BCUT2D eigenvalue weighted by molar-refractivity contribution is 0.107. The van der Waals surface area contributed by atoms with E-state index in [1.165, 1.54) is 0 Å². The Kier molecular flexibility index (Phi) is 7.64. The summed E-state index contributed by atoms with van der Waals surface area (Å²) in [5, 5.41) is 6.53. The number of halogens is 1. The van der Waals surface area contributed by atoms with Gasteiger partial charge in [0.15, 0.2) is 0 Å². The Morgan fingerprint density at radius 2 is 1.88 bits per heavy atom. The van der Waals surface area contributed by atoms with Crippen molar-refractivity contribution in [2.75, 3.05) is 37.5 Å². The Morgan fingerprint density at radius 1 is 1.12 bits per heavy atom. The molecular weight excluding hydrogens is 340 g/mol. The molecule has 0 fully saturated rings. The van der Waals surface area contributed by atoms with Crippen LogP contribution in [0.5, 0.6) is 0 Å².